The first-order valence-corrected chi connectivity index (χ1v) is 15.7. The summed E-state index contributed by atoms with van der Waals surface area (Å²) in [6, 6.07) is 20.2. The molecule has 0 heterocycles. The zero-order valence-corrected chi connectivity index (χ0v) is 27.2. The lowest BCUT2D eigenvalue weighted by Crippen LogP contribution is -2.83. The van der Waals surface area contributed by atoms with Crippen LogP contribution in [0.2, 0.25) is 0 Å². The zero-order chi connectivity index (χ0) is 34.8. The Bertz CT molecular complexity index is 1400. The van der Waals surface area contributed by atoms with E-state index in [2.05, 4.69) is 23.7 Å². The average molecular weight is 653 g/mol. The lowest BCUT2D eigenvalue weighted by molar-refractivity contribution is -0.635. The molecule has 0 aromatic heterocycles. The van der Waals surface area contributed by atoms with Crippen molar-refractivity contribution in [3.63, 3.8) is 0 Å². The Hall–Kier alpha value is -4.15. The summed E-state index contributed by atoms with van der Waals surface area (Å²) in [4.78, 5) is 13.6. The summed E-state index contributed by atoms with van der Waals surface area (Å²) >= 11 is 0. The summed E-state index contributed by atoms with van der Waals surface area (Å²) in [5.41, 5.74) is 3.47. The standard InChI is InChI=1S/C29H31NO4.C7H17NO5/c1-3-4-5-6-19-30(25-15-18-28(31)27(20-25)29(32)33)21-24-11-9-22(10-12-24)7-8-23-13-16-26(34-2)17-14-23;1-8-2-4(10)6(12)7(13)5(11)3-9/h9-18,20,31H,3-6,19,21H2,1-2H3,(H,32,33);4-13H,2-3H2,1H3/t;4-,5+,6+,7+/m.0/s1. The van der Waals surface area contributed by atoms with Crippen molar-refractivity contribution < 1.29 is 50.6 Å². The molecule has 47 heavy (non-hydrogen) atoms. The number of likely N-dealkylation sites (N-methyl/N-ethyl adjacent to an activating group) is 1. The van der Waals surface area contributed by atoms with Crippen LogP contribution in [0.3, 0.4) is 0 Å². The highest BCUT2D eigenvalue weighted by molar-refractivity contribution is 5.91. The summed E-state index contributed by atoms with van der Waals surface area (Å²) in [6.45, 7) is 3.14. The number of aliphatic hydroxyl groups excluding tert-OH is 5. The van der Waals surface area contributed by atoms with Crippen molar-refractivity contribution in [1.82, 2.24) is 0 Å². The Balaban J connectivity index is 0.000000500. The average Bonchev–Trinajstić information content (AvgIpc) is 3.09. The summed E-state index contributed by atoms with van der Waals surface area (Å²) in [6.07, 6.45) is -1.11. The van der Waals surface area contributed by atoms with Crippen LogP contribution < -0.4 is 20.1 Å². The molecule has 0 aliphatic carbocycles. The van der Waals surface area contributed by atoms with Gasteiger partial charge in [-0.2, -0.15) is 0 Å². The SMILES string of the molecule is CCCCCCN(Cc1ccc(C#Cc2ccc(OC)cc2)cc1)c1ccc([O-])c(C(=O)O)c1.C[NH2+]C[C@H](O)[C@@H](O)[C@H](O)[C@H](O)CO. The molecule has 0 amide bonds. The number of hydrogen-bond acceptors (Lipinski definition) is 9. The predicted molar refractivity (Wildman–Crippen MR) is 177 cm³/mol. The number of nitrogens with two attached hydrogens (primary N) is 1. The van der Waals surface area contributed by atoms with Crippen molar-refractivity contribution in [2.45, 2.75) is 63.6 Å². The summed E-state index contributed by atoms with van der Waals surface area (Å²) in [5.74, 6) is 5.47. The van der Waals surface area contributed by atoms with Crippen molar-refractivity contribution in [3.05, 3.63) is 89.0 Å². The fourth-order valence-corrected chi connectivity index (χ4v) is 4.59. The molecule has 11 nitrogen and oxygen atoms in total. The van der Waals surface area contributed by atoms with E-state index in [4.69, 9.17) is 20.1 Å². The van der Waals surface area contributed by atoms with Crippen molar-refractivity contribution in [3.8, 4) is 23.3 Å². The van der Waals surface area contributed by atoms with E-state index in [0.717, 1.165) is 60.4 Å². The number of methoxy groups -OCH3 is 1. The van der Waals surface area contributed by atoms with Crippen LogP contribution in [0.15, 0.2) is 66.7 Å². The molecule has 0 aliphatic rings. The molecular formula is C36H48N2O9. The maximum atomic E-state index is 11.9. The molecule has 0 spiro atoms. The monoisotopic (exact) mass is 652 g/mol. The molecule has 0 saturated heterocycles. The summed E-state index contributed by atoms with van der Waals surface area (Å²) < 4.78 is 5.17. The number of nitrogens with zero attached hydrogens (tertiary/aromatic N) is 1. The number of carbonyl (C=O) groups is 1. The second kappa shape index (κ2) is 20.9. The quantitative estimate of drug-likeness (QED) is 0.0871. The lowest BCUT2D eigenvalue weighted by atomic mass is 10.0. The normalized spacial score (nSPS) is 13.2. The molecular weight excluding hydrogens is 604 g/mol. The van der Waals surface area contributed by atoms with E-state index in [1.807, 2.05) is 48.5 Å². The number of carboxylic acid groups (broad SMARTS) is 1. The van der Waals surface area contributed by atoms with Crippen LogP contribution in [-0.2, 0) is 6.54 Å². The largest absolute Gasteiger partial charge is 0.872 e. The molecule has 11 heteroatoms. The van der Waals surface area contributed by atoms with Gasteiger partial charge in [0.15, 0.2) is 0 Å². The van der Waals surface area contributed by atoms with Gasteiger partial charge in [0.1, 0.15) is 36.7 Å². The first-order chi connectivity index (χ1) is 22.5. The van der Waals surface area contributed by atoms with Gasteiger partial charge in [-0.15, -0.1) is 0 Å². The van der Waals surface area contributed by atoms with Gasteiger partial charge in [-0.1, -0.05) is 62.0 Å². The highest BCUT2D eigenvalue weighted by Crippen LogP contribution is 2.25. The van der Waals surface area contributed by atoms with Crippen LogP contribution in [0, 0.1) is 11.8 Å². The molecule has 0 unspecified atom stereocenters. The number of unbranched alkanes of at least 4 members (excludes halogenated alkanes) is 3. The van der Waals surface area contributed by atoms with Crippen LogP contribution in [-0.4, -0.2) is 94.9 Å². The summed E-state index contributed by atoms with van der Waals surface area (Å²) in [7, 11) is 3.34. The first-order valence-electron chi connectivity index (χ1n) is 15.7. The minimum absolute atomic E-state index is 0.194. The molecule has 0 fully saturated rings. The third-order valence-electron chi connectivity index (χ3n) is 7.41. The number of aromatic carboxylic acids is 1. The maximum Gasteiger partial charge on any atom is 0.335 e. The van der Waals surface area contributed by atoms with Gasteiger partial charge >= 0.3 is 5.97 Å². The Morgan fingerprint density at radius 3 is 2.02 bits per heavy atom. The molecule has 0 radical (unpaired) electrons. The van der Waals surface area contributed by atoms with E-state index in [1.54, 1.807) is 25.5 Å². The topological polar surface area (TPSA) is 191 Å². The smallest absolute Gasteiger partial charge is 0.335 e. The van der Waals surface area contributed by atoms with Gasteiger partial charge in [-0.3, -0.25) is 0 Å². The second-order valence-electron chi connectivity index (χ2n) is 11.1. The van der Waals surface area contributed by atoms with Gasteiger partial charge in [0.2, 0.25) is 0 Å². The number of aliphatic hydroxyl groups is 5. The highest BCUT2D eigenvalue weighted by Gasteiger charge is 2.30. The van der Waals surface area contributed by atoms with Crippen molar-refractivity contribution in [2.75, 3.05) is 38.8 Å². The van der Waals surface area contributed by atoms with Crippen molar-refractivity contribution in [1.29, 1.82) is 0 Å². The van der Waals surface area contributed by atoms with Crippen LogP contribution in [0.5, 0.6) is 11.5 Å². The van der Waals surface area contributed by atoms with Gasteiger partial charge in [0, 0.05) is 29.9 Å². The Labute approximate surface area is 276 Å². The van der Waals surface area contributed by atoms with E-state index in [9.17, 15) is 25.2 Å². The number of rotatable bonds is 16. The Morgan fingerprint density at radius 2 is 1.49 bits per heavy atom. The van der Waals surface area contributed by atoms with E-state index >= 15 is 0 Å². The molecule has 3 rings (SSSR count). The number of ether oxygens (including phenoxy) is 1. The molecule has 256 valence electrons. The van der Waals surface area contributed by atoms with E-state index in [-0.39, 0.29) is 12.1 Å². The maximum absolute atomic E-state index is 11.9. The van der Waals surface area contributed by atoms with Crippen LogP contribution >= 0.6 is 0 Å². The van der Waals surface area contributed by atoms with Crippen molar-refractivity contribution >= 4 is 11.7 Å². The fourth-order valence-electron chi connectivity index (χ4n) is 4.59. The fraction of sp³-hybridized carbons (Fsp3) is 0.417. The van der Waals surface area contributed by atoms with Gasteiger partial charge in [-0.05, 0) is 60.5 Å². The van der Waals surface area contributed by atoms with Gasteiger partial charge in [-0.25, -0.2) is 4.79 Å². The predicted octanol–water partition coefficient (Wildman–Crippen LogP) is 1.07. The third kappa shape index (κ3) is 13.2. The zero-order valence-electron chi connectivity index (χ0n) is 27.2. The van der Waals surface area contributed by atoms with E-state index in [1.165, 1.54) is 12.1 Å². The number of quaternary nitrogens is 1. The Kier molecular flexibility index (Phi) is 17.3. The molecule has 0 aliphatic heterocycles. The van der Waals surface area contributed by atoms with E-state index in [0.29, 0.717) is 6.54 Å². The van der Waals surface area contributed by atoms with E-state index < -0.39 is 42.7 Å². The van der Waals surface area contributed by atoms with Gasteiger partial charge in [0.25, 0.3) is 0 Å². The minimum atomic E-state index is -1.53. The number of hydrogen-bond donors (Lipinski definition) is 7. The molecule has 3 aromatic rings. The number of carboxylic acids is 1. The third-order valence-corrected chi connectivity index (χ3v) is 7.41. The van der Waals surface area contributed by atoms with Crippen LogP contribution in [0.1, 0.15) is 59.7 Å². The number of benzene rings is 3. The molecule has 3 aromatic carbocycles. The molecule has 0 bridgehead atoms. The van der Waals surface area contributed by atoms with Gasteiger partial charge in [0.05, 0.1) is 26.3 Å². The minimum Gasteiger partial charge on any atom is -0.872 e. The highest BCUT2D eigenvalue weighted by atomic mass is 16.5. The van der Waals surface area contributed by atoms with Crippen molar-refractivity contribution in [2.24, 2.45) is 0 Å². The molecule has 0 saturated carbocycles. The lowest BCUT2D eigenvalue weighted by Gasteiger charge is -2.26. The van der Waals surface area contributed by atoms with Gasteiger partial charge < -0.3 is 50.7 Å². The molecule has 4 atom stereocenters. The Morgan fingerprint density at radius 1 is 0.894 bits per heavy atom. The van der Waals surface area contributed by atoms with Crippen LogP contribution in [0.4, 0.5) is 5.69 Å². The number of anilines is 1. The molecule has 8 N–H and O–H groups in total. The second-order valence-corrected chi connectivity index (χ2v) is 11.1. The first kappa shape index (κ1) is 39.0. The summed E-state index contributed by atoms with van der Waals surface area (Å²) in [5, 5.41) is 67.9. The van der Waals surface area contributed by atoms with Crippen LogP contribution in [0.25, 0.3) is 0 Å².